The van der Waals surface area contributed by atoms with Crippen LogP contribution in [0.2, 0.25) is 0 Å². The molecular weight excluding hydrogens is 262 g/mol. The quantitative estimate of drug-likeness (QED) is 0.855. The van der Waals surface area contributed by atoms with Gasteiger partial charge in [0, 0.05) is 26.8 Å². The lowest BCUT2D eigenvalue weighted by atomic mass is 9.96. The average Bonchev–Trinajstić information content (AvgIpc) is 2.53. The summed E-state index contributed by atoms with van der Waals surface area (Å²) in [6.45, 7) is 2.01. The topological polar surface area (TPSA) is 29.5 Å². The molecule has 0 saturated heterocycles. The molecule has 0 aliphatic heterocycles. The van der Waals surface area contributed by atoms with Gasteiger partial charge in [0.05, 0.1) is 6.10 Å². The highest BCUT2D eigenvalue weighted by Gasteiger charge is 2.14. The van der Waals surface area contributed by atoms with E-state index in [-0.39, 0.29) is 12.0 Å². The Labute approximate surface area is 126 Å². The number of rotatable bonds is 4. The van der Waals surface area contributed by atoms with E-state index in [0.29, 0.717) is 5.56 Å². The van der Waals surface area contributed by atoms with Gasteiger partial charge in [-0.25, -0.2) is 0 Å². The number of ether oxygens (including phenoxy) is 1. The molecule has 110 valence electrons. The van der Waals surface area contributed by atoms with Gasteiger partial charge in [0.25, 0.3) is 5.91 Å². The van der Waals surface area contributed by atoms with Gasteiger partial charge in [-0.1, -0.05) is 36.4 Å². The predicted octanol–water partition coefficient (Wildman–Crippen LogP) is 3.76. The van der Waals surface area contributed by atoms with Crippen molar-refractivity contribution < 1.29 is 9.53 Å². The fraction of sp³-hybridized carbons (Fsp3) is 0.278. The van der Waals surface area contributed by atoms with Crippen LogP contribution in [-0.2, 0) is 4.74 Å². The lowest BCUT2D eigenvalue weighted by Gasteiger charge is -2.16. The number of hydrogen-bond donors (Lipinski definition) is 0. The summed E-state index contributed by atoms with van der Waals surface area (Å²) in [4.78, 5) is 13.9. The molecule has 0 heterocycles. The van der Waals surface area contributed by atoms with Gasteiger partial charge < -0.3 is 9.64 Å². The van der Waals surface area contributed by atoms with Crippen LogP contribution in [0.4, 0.5) is 0 Å². The van der Waals surface area contributed by atoms with Crippen LogP contribution in [0, 0.1) is 0 Å². The molecule has 2 rings (SSSR count). The van der Waals surface area contributed by atoms with Gasteiger partial charge in [-0.15, -0.1) is 0 Å². The molecule has 2 aromatic carbocycles. The number of nitrogens with zero attached hydrogens (tertiary/aromatic N) is 1. The van der Waals surface area contributed by atoms with Crippen LogP contribution in [0.1, 0.15) is 28.9 Å². The minimum atomic E-state index is 0.00999. The summed E-state index contributed by atoms with van der Waals surface area (Å²) in [5, 5.41) is 0. The maximum atomic E-state index is 12.3. The van der Waals surface area contributed by atoms with Crippen LogP contribution in [-0.4, -0.2) is 32.0 Å². The first kappa shape index (κ1) is 15.3. The molecule has 3 heteroatoms. The van der Waals surface area contributed by atoms with E-state index in [9.17, 15) is 4.79 Å². The average molecular weight is 283 g/mol. The molecule has 2 aromatic rings. The summed E-state index contributed by atoms with van der Waals surface area (Å²) in [6.07, 6.45) is 0.0293. The van der Waals surface area contributed by atoms with Crippen LogP contribution in [0.25, 0.3) is 11.1 Å². The second kappa shape index (κ2) is 6.55. The van der Waals surface area contributed by atoms with Crippen molar-refractivity contribution in [1.82, 2.24) is 4.90 Å². The van der Waals surface area contributed by atoms with Crippen LogP contribution >= 0.6 is 0 Å². The van der Waals surface area contributed by atoms with Gasteiger partial charge in [-0.2, -0.15) is 0 Å². The van der Waals surface area contributed by atoms with Crippen molar-refractivity contribution in [2.24, 2.45) is 0 Å². The van der Waals surface area contributed by atoms with E-state index in [0.717, 1.165) is 16.7 Å². The number of benzene rings is 2. The standard InChI is InChI=1S/C18H21NO2/c1-13(21-4)14-8-7-9-15(12-14)16-10-5-6-11-17(16)18(20)19(2)3/h5-13H,1-4H3/t13-/m0/s1. The van der Waals surface area contributed by atoms with Crippen LogP contribution in [0.15, 0.2) is 48.5 Å². The van der Waals surface area contributed by atoms with Gasteiger partial charge in [-0.05, 0) is 35.7 Å². The van der Waals surface area contributed by atoms with E-state index in [1.54, 1.807) is 26.1 Å². The Bertz CT molecular complexity index is 635. The molecule has 0 fully saturated rings. The first-order chi connectivity index (χ1) is 10.0. The predicted molar refractivity (Wildman–Crippen MR) is 85.3 cm³/mol. The van der Waals surface area contributed by atoms with Crippen LogP contribution in [0.5, 0.6) is 0 Å². The number of hydrogen-bond acceptors (Lipinski definition) is 2. The molecule has 21 heavy (non-hydrogen) atoms. The van der Waals surface area contributed by atoms with E-state index in [2.05, 4.69) is 6.07 Å². The molecular formula is C18H21NO2. The second-order valence-electron chi connectivity index (χ2n) is 5.25. The van der Waals surface area contributed by atoms with Crippen molar-refractivity contribution in [2.45, 2.75) is 13.0 Å². The van der Waals surface area contributed by atoms with Gasteiger partial charge in [0.1, 0.15) is 0 Å². The van der Waals surface area contributed by atoms with Crippen molar-refractivity contribution in [2.75, 3.05) is 21.2 Å². The van der Waals surface area contributed by atoms with E-state index in [4.69, 9.17) is 4.74 Å². The second-order valence-corrected chi connectivity index (χ2v) is 5.25. The summed E-state index contributed by atoms with van der Waals surface area (Å²) < 4.78 is 5.37. The Morgan fingerprint density at radius 2 is 1.81 bits per heavy atom. The van der Waals surface area contributed by atoms with E-state index < -0.39 is 0 Å². The third-order valence-corrected chi connectivity index (χ3v) is 3.58. The van der Waals surface area contributed by atoms with Gasteiger partial charge in [-0.3, -0.25) is 4.79 Å². The summed E-state index contributed by atoms with van der Waals surface area (Å²) in [5.41, 5.74) is 3.79. The third kappa shape index (κ3) is 3.31. The molecule has 1 amide bonds. The van der Waals surface area contributed by atoms with Crippen molar-refractivity contribution in [1.29, 1.82) is 0 Å². The van der Waals surface area contributed by atoms with Crippen molar-refractivity contribution >= 4 is 5.91 Å². The highest BCUT2D eigenvalue weighted by Crippen LogP contribution is 2.27. The van der Waals surface area contributed by atoms with Gasteiger partial charge in [0.15, 0.2) is 0 Å². The smallest absolute Gasteiger partial charge is 0.253 e. The summed E-state index contributed by atoms with van der Waals surface area (Å²) in [5.74, 6) is 0.00999. The maximum absolute atomic E-state index is 12.3. The molecule has 0 unspecified atom stereocenters. The molecule has 0 saturated carbocycles. The Balaban J connectivity index is 2.50. The summed E-state index contributed by atoms with van der Waals surface area (Å²) in [6, 6.07) is 15.8. The third-order valence-electron chi connectivity index (χ3n) is 3.58. The highest BCUT2D eigenvalue weighted by atomic mass is 16.5. The number of methoxy groups -OCH3 is 1. The Morgan fingerprint density at radius 1 is 1.10 bits per heavy atom. The molecule has 3 nitrogen and oxygen atoms in total. The molecule has 0 aliphatic carbocycles. The Hall–Kier alpha value is -2.13. The molecule has 1 atom stereocenters. The zero-order valence-electron chi connectivity index (χ0n) is 13.0. The normalized spacial score (nSPS) is 12.0. The molecule has 0 bridgehead atoms. The molecule has 0 N–H and O–H groups in total. The highest BCUT2D eigenvalue weighted by molar-refractivity contribution is 6.00. The monoisotopic (exact) mass is 283 g/mol. The fourth-order valence-electron chi connectivity index (χ4n) is 2.26. The first-order valence-corrected chi connectivity index (χ1v) is 6.98. The van der Waals surface area contributed by atoms with E-state index in [1.807, 2.05) is 49.4 Å². The molecule has 0 aliphatic rings. The van der Waals surface area contributed by atoms with Crippen molar-refractivity contribution in [3.8, 4) is 11.1 Å². The molecule has 0 radical (unpaired) electrons. The van der Waals surface area contributed by atoms with Crippen molar-refractivity contribution in [3.05, 3.63) is 59.7 Å². The molecule has 0 aromatic heterocycles. The number of amides is 1. The minimum absolute atomic E-state index is 0.00999. The summed E-state index contributed by atoms with van der Waals surface area (Å²) >= 11 is 0. The molecule has 0 spiro atoms. The SMILES string of the molecule is CO[C@@H](C)c1cccc(-c2ccccc2C(=O)N(C)C)c1. The lowest BCUT2D eigenvalue weighted by molar-refractivity contribution is 0.0828. The minimum Gasteiger partial charge on any atom is -0.377 e. The largest absolute Gasteiger partial charge is 0.377 e. The van der Waals surface area contributed by atoms with Crippen LogP contribution in [0.3, 0.4) is 0 Å². The Kier molecular flexibility index (Phi) is 4.76. The fourth-order valence-corrected chi connectivity index (χ4v) is 2.26. The van der Waals surface area contributed by atoms with Crippen molar-refractivity contribution in [3.63, 3.8) is 0 Å². The first-order valence-electron chi connectivity index (χ1n) is 6.98. The van der Waals surface area contributed by atoms with Gasteiger partial charge in [0.2, 0.25) is 0 Å². The lowest BCUT2D eigenvalue weighted by Crippen LogP contribution is -2.22. The van der Waals surface area contributed by atoms with E-state index in [1.165, 1.54) is 0 Å². The zero-order valence-corrected chi connectivity index (χ0v) is 13.0. The summed E-state index contributed by atoms with van der Waals surface area (Å²) in [7, 11) is 5.23. The van der Waals surface area contributed by atoms with E-state index >= 15 is 0 Å². The zero-order chi connectivity index (χ0) is 15.4. The number of carbonyl (C=O) groups excluding carboxylic acids is 1. The Morgan fingerprint density at radius 3 is 2.48 bits per heavy atom. The number of carbonyl (C=O) groups is 1. The maximum Gasteiger partial charge on any atom is 0.253 e. The van der Waals surface area contributed by atoms with Crippen LogP contribution < -0.4 is 0 Å². The van der Waals surface area contributed by atoms with Gasteiger partial charge >= 0.3 is 0 Å².